The molecule has 0 bridgehead atoms. The van der Waals surface area contributed by atoms with Gasteiger partial charge in [-0.2, -0.15) is 0 Å². The normalized spacial score (nSPS) is 17.9. The molecule has 0 spiro atoms. The van der Waals surface area contributed by atoms with Crippen LogP contribution in [-0.4, -0.2) is 51.8 Å². The molecule has 210 valence electrons. The number of methoxy groups -OCH3 is 3. The number of ether oxygens (including phenoxy) is 4. The Morgan fingerprint density at radius 2 is 1.70 bits per heavy atom. The molecule has 40 heavy (non-hydrogen) atoms. The number of nitrogens with one attached hydrogen (secondary N) is 1. The molecule has 1 aliphatic heterocycles. The Hall–Kier alpha value is -3.97. The standard InChI is InChI=1S/C33H38N2O5/c1-5-40-32-19-27-24(18-31(32)39-4)14-15-35(28(27)16-22-10-13-29(37-2)30(17-22)38-3)21-33(36)34-20-25-12-11-23-8-6-7-9-26(23)25/h5-10,13,17-19,25,28H,1,11-12,14-16,20-21H2,2-4H3,(H,34,36). The Kier molecular flexibility index (Phi) is 8.60. The maximum atomic E-state index is 13.3. The van der Waals surface area contributed by atoms with Crippen LogP contribution in [0.25, 0.3) is 0 Å². The second-order valence-corrected chi connectivity index (χ2v) is 10.4. The molecular weight excluding hydrogens is 504 g/mol. The van der Waals surface area contributed by atoms with Gasteiger partial charge >= 0.3 is 0 Å². The van der Waals surface area contributed by atoms with Crippen LogP contribution in [0.4, 0.5) is 0 Å². The van der Waals surface area contributed by atoms with Crippen molar-refractivity contribution >= 4 is 5.91 Å². The van der Waals surface area contributed by atoms with Crippen LogP contribution in [0, 0.1) is 0 Å². The fourth-order valence-corrected chi connectivity index (χ4v) is 6.10. The number of benzene rings is 3. The van der Waals surface area contributed by atoms with Gasteiger partial charge in [-0.15, -0.1) is 0 Å². The van der Waals surface area contributed by atoms with E-state index in [-0.39, 0.29) is 11.9 Å². The third kappa shape index (κ3) is 5.80. The molecule has 1 heterocycles. The van der Waals surface area contributed by atoms with Crippen LogP contribution in [0.3, 0.4) is 0 Å². The van der Waals surface area contributed by atoms with Crippen molar-refractivity contribution in [2.45, 2.75) is 37.6 Å². The monoisotopic (exact) mass is 542 g/mol. The summed E-state index contributed by atoms with van der Waals surface area (Å²) in [5, 5.41) is 3.23. The molecule has 7 heteroatoms. The Morgan fingerprint density at radius 1 is 0.925 bits per heavy atom. The van der Waals surface area contributed by atoms with Crippen molar-refractivity contribution in [2.75, 3.05) is 41.0 Å². The smallest absolute Gasteiger partial charge is 0.234 e. The highest BCUT2D eigenvalue weighted by Gasteiger charge is 2.31. The van der Waals surface area contributed by atoms with Crippen molar-refractivity contribution in [2.24, 2.45) is 0 Å². The van der Waals surface area contributed by atoms with Gasteiger partial charge < -0.3 is 24.3 Å². The minimum Gasteiger partial charge on any atom is -0.493 e. The number of hydrogen-bond acceptors (Lipinski definition) is 6. The SMILES string of the molecule is C=COc1cc2c(cc1OC)CCN(CC(=O)NCC1CCc3ccccc31)C2Cc1ccc(OC)c(OC)c1. The van der Waals surface area contributed by atoms with Crippen LogP contribution < -0.4 is 24.3 Å². The summed E-state index contributed by atoms with van der Waals surface area (Å²) in [6.07, 6.45) is 5.06. The van der Waals surface area contributed by atoms with Crippen LogP contribution in [0.5, 0.6) is 23.0 Å². The average molecular weight is 543 g/mol. The number of carbonyl (C=O) groups excluding carboxylic acids is 1. The van der Waals surface area contributed by atoms with Gasteiger partial charge in [0, 0.05) is 25.0 Å². The van der Waals surface area contributed by atoms with E-state index in [1.54, 1.807) is 21.3 Å². The van der Waals surface area contributed by atoms with E-state index >= 15 is 0 Å². The number of amides is 1. The second-order valence-electron chi connectivity index (χ2n) is 10.4. The first-order chi connectivity index (χ1) is 19.5. The van der Waals surface area contributed by atoms with Crippen LogP contribution in [-0.2, 0) is 24.1 Å². The molecule has 0 fully saturated rings. The third-order valence-electron chi connectivity index (χ3n) is 8.13. The predicted molar refractivity (Wildman–Crippen MR) is 156 cm³/mol. The van der Waals surface area contributed by atoms with Crippen molar-refractivity contribution in [3.05, 3.63) is 95.3 Å². The van der Waals surface area contributed by atoms with Gasteiger partial charge in [-0.1, -0.05) is 36.9 Å². The molecule has 0 aromatic heterocycles. The highest BCUT2D eigenvalue weighted by molar-refractivity contribution is 5.78. The van der Waals surface area contributed by atoms with E-state index in [9.17, 15) is 4.79 Å². The maximum absolute atomic E-state index is 13.3. The first-order valence-electron chi connectivity index (χ1n) is 13.8. The van der Waals surface area contributed by atoms with E-state index in [1.807, 2.05) is 24.3 Å². The first-order valence-corrected chi connectivity index (χ1v) is 13.8. The van der Waals surface area contributed by atoms with Gasteiger partial charge in [0.1, 0.15) is 0 Å². The van der Waals surface area contributed by atoms with Gasteiger partial charge in [0.2, 0.25) is 5.91 Å². The molecule has 1 amide bonds. The summed E-state index contributed by atoms with van der Waals surface area (Å²) in [4.78, 5) is 15.6. The lowest BCUT2D eigenvalue weighted by Gasteiger charge is -2.37. The summed E-state index contributed by atoms with van der Waals surface area (Å²) in [7, 11) is 4.91. The number of fused-ring (bicyclic) bond motifs is 2. The predicted octanol–water partition coefficient (Wildman–Crippen LogP) is 5.22. The van der Waals surface area contributed by atoms with Gasteiger partial charge in [-0.3, -0.25) is 9.69 Å². The number of carbonyl (C=O) groups is 1. The zero-order valence-corrected chi connectivity index (χ0v) is 23.6. The minimum absolute atomic E-state index is 0.0428. The molecule has 2 aliphatic rings. The van der Waals surface area contributed by atoms with Crippen molar-refractivity contribution in [3.63, 3.8) is 0 Å². The van der Waals surface area contributed by atoms with E-state index in [2.05, 4.69) is 47.1 Å². The molecule has 1 aliphatic carbocycles. The molecular formula is C33H38N2O5. The minimum atomic E-state index is -0.0436. The second kappa shape index (κ2) is 12.5. The summed E-state index contributed by atoms with van der Waals surface area (Å²) < 4.78 is 22.3. The molecule has 5 rings (SSSR count). The lowest BCUT2D eigenvalue weighted by atomic mass is 9.88. The maximum Gasteiger partial charge on any atom is 0.234 e. The lowest BCUT2D eigenvalue weighted by Crippen LogP contribution is -2.44. The summed E-state index contributed by atoms with van der Waals surface area (Å²) in [6.45, 7) is 5.46. The van der Waals surface area contributed by atoms with Gasteiger partial charge in [0.15, 0.2) is 23.0 Å². The molecule has 7 nitrogen and oxygen atoms in total. The zero-order chi connectivity index (χ0) is 28.1. The molecule has 2 atom stereocenters. The molecule has 0 saturated carbocycles. The van der Waals surface area contributed by atoms with Gasteiger partial charge in [0.25, 0.3) is 0 Å². The van der Waals surface area contributed by atoms with Crippen molar-refractivity contribution < 1.29 is 23.7 Å². The van der Waals surface area contributed by atoms with Gasteiger partial charge in [-0.05, 0) is 77.8 Å². The van der Waals surface area contributed by atoms with Crippen LogP contribution in [0.2, 0.25) is 0 Å². The van der Waals surface area contributed by atoms with Crippen LogP contribution in [0.15, 0.2) is 67.4 Å². The van der Waals surface area contributed by atoms with Crippen molar-refractivity contribution in [3.8, 4) is 23.0 Å². The van der Waals surface area contributed by atoms with E-state index in [1.165, 1.54) is 23.0 Å². The lowest BCUT2D eigenvalue weighted by molar-refractivity contribution is -0.123. The van der Waals surface area contributed by atoms with E-state index in [0.717, 1.165) is 36.9 Å². The van der Waals surface area contributed by atoms with E-state index < -0.39 is 0 Å². The number of rotatable bonds is 11. The Balaban J connectivity index is 1.38. The Bertz CT molecular complexity index is 1370. The summed E-state index contributed by atoms with van der Waals surface area (Å²) in [5.41, 5.74) is 6.17. The topological polar surface area (TPSA) is 69.3 Å². The largest absolute Gasteiger partial charge is 0.493 e. The fraction of sp³-hybridized carbons (Fsp3) is 0.364. The molecule has 0 saturated heterocycles. The molecule has 0 radical (unpaired) electrons. The van der Waals surface area contributed by atoms with Crippen LogP contribution in [0.1, 0.15) is 46.2 Å². The van der Waals surface area contributed by atoms with E-state index in [0.29, 0.717) is 48.4 Å². The summed E-state index contributed by atoms with van der Waals surface area (Å²) >= 11 is 0. The highest BCUT2D eigenvalue weighted by atomic mass is 16.5. The number of nitrogens with zero attached hydrogens (tertiary/aromatic N) is 1. The Labute approximate surface area is 236 Å². The molecule has 1 N–H and O–H groups in total. The first kappa shape index (κ1) is 27.6. The van der Waals surface area contributed by atoms with Crippen LogP contribution >= 0.6 is 0 Å². The number of aryl methyl sites for hydroxylation is 1. The van der Waals surface area contributed by atoms with Gasteiger partial charge in [0.05, 0.1) is 34.1 Å². The quantitative estimate of drug-likeness (QED) is 0.335. The zero-order valence-electron chi connectivity index (χ0n) is 23.6. The number of hydrogen-bond donors (Lipinski definition) is 1. The van der Waals surface area contributed by atoms with Crippen molar-refractivity contribution in [1.82, 2.24) is 10.2 Å². The summed E-state index contributed by atoms with van der Waals surface area (Å²) in [5.74, 6) is 3.07. The molecule has 3 aromatic carbocycles. The summed E-state index contributed by atoms with van der Waals surface area (Å²) in [6, 6.07) is 18.6. The third-order valence-corrected chi connectivity index (χ3v) is 8.13. The van der Waals surface area contributed by atoms with E-state index in [4.69, 9.17) is 18.9 Å². The molecule has 2 unspecified atom stereocenters. The average Bonchev–Trinajstić information content (AvgIpc) is 3.40. The fourth-order valence-electron chi connectivity index (χ4n) is 6.10. The van der Waals surface area contributed by atoms with Gasteiger partial charge in [-0.25, -0.2) is 0 Å². The highest BCUT2D eigenvalue weighted by Crippen LogP contribution is 2.40. The molecule has 3 aromatic rings. The Morgan fingerprint density at radius 3 is 2.48 bits per heavy atom. The van der Waals surface area contributed by atoms with Crippen molar-refractivity contribution in [1.29, 1.82) is 0 Å².